The van der Waals surface area contributed by atoms with Gasteiger partial charge in [0.25, 0.3) is 11.6 Å². The van der Waals surface area contributed by atoms with Gasteiger partial charge in [-0.15, -0.1) is 0 Å². The van der Waals surface area contributed by atoms with E-state index in [2.05, 4.69) is 21.2 Å². The summed E-state index contributed by atoms with van der Waals surface area (Å²) in [5, 5.41) is 23.2. The minimum atomic E-state index is -0.726. The highest BCUT2D eigenvalue weighted by Crippen LogP contribution is 2.38. The van der Waals surface area contributed by atoms with Gasteiger partial charge in [0.15, 0.2) is 11.5 Å². The first-order valence-electron chi connectivity index (χ1n) is 10.3. The molecule has 0 aromatic heterocycles. The molecule has 0 saturated heterocycles. The highest BCUT2D eigenvalue weighted by Gasteiger charge is 2.16. The van der Waals surface area contributed by atoms with Gasteiger partial charge in [-0.3, -0.25) is 14.9 Å². The Morgan fingerprint density at radius 2 is 1.97 bits per heavy atom. The molecule has 10 heteroatoms. The van der Waals surface area contributed by atoms with Gasteiger partial charge >= 0.3 is 0 Å². The van der Waals surface area contributed by atoms with Crippen LogP contribution in [0.2, 0.25) is 5.02 Å². The van der Waals surface area contributed by atoms with Gasteiger partial charge in [-0.25, -0.2) is 0 Å². The molecule has 3 aromatic carbocycles. The molecule has 0 atom stereocenters. The second-order valence-corrected chi connectivity index (χ2v) is 8.34. The standard InChI is InChI=1S/C25H19BrClN3O5/c1-2-34-23-12-16(11-22(27)24(23)35-15-17-6-3-4-9-21(17)26)10-18(14-28)25(31)29-19-7-5-8-20(13-19)30(32)33/h3-13H,2,15H2,1H3,(H,29,31)/b18-10+. The van der Waals surface area contributed by atoms with Crippen LogP contribution in [0.15, 0.2) is 70.7 Å². The Labute approximate surface area is 215 Å². The lowest BCUT2D eigenvalue weighted by Gasteiger charge is -2.15. The van der Waals surface area contributed by atoms with E-state index in [9.17, 15) is 20.2 Å². The summed E-state index contributed by atoms with van der Waals surface area (Å²) in [4.78, 5) is 23.0. The molecule has 0 heterocycles. The van der Waals surface area contributed by atoms with Crippen LogP contribution < -0.4 is 14.8 Å². The normalized spacial score (nSPS) is 10.9. The maximum Gasteiger partial charge on any atom is 0.271 e. The zero-order valence-electron chi connectivity index (χ0n) is 18.5. The molecule has 0 fully saturated rings. The van der Waals surface area contributed by atoms with Crippen molar-refractivity contribution in [1.29, 1.82) is 5.26 Å². The largest absolute Gasteiger partial charge is 0.490 e. The molecule has 0 radical (unpaired) electrons. The Morgan fingerprint density at radius 1 is 1.20 bits per heavy atom. The van der Waals surface area contributed by atoms with Gasteiger partial charge in [-0.1, -0.05) is 51.8 Å². The van der Waals surface area contributed by atoms with E-state index in [0.29, 0.717) is 23.7 Å². The lowest BCUT2D eigenvalue weighted by molar-refractivity contribution is -0.384. The molecule has 0 spiro atoms. The molecular formula is C25H19BrClN3O5. The van der Waals surface area contributed by atoms with E-state index >= 15 is 0 Å². The third kappa shape index (κ3) is 6.82. The summed E-state index contributed by atoms with van der Waals surface area (Å²) in [5.74, 6) is -0.0352. The predicted octanol–water partition coefficient (Wildman–Crippen LogP) is 6.53. The van der Waals surface area contributed by atoms with Crippen molar-refractivity contribution in [3.63, 3.8) is 0 Å². The molecular weight excluding hydrogens is 538 g/mol. The van der Waals surface area contributed by atoms with Crippen molar-refractivity contribution in [2.45, 2.75) is 13.5 Å². The number of benzene rings is 3. The van der Waals surface area contributed by atoms with Gasteiger partial charge in [-0.2, -0.15) is 5.26 Å². The number of hydrogen-bond acceptors (Lipinski definition) is 6. The van der Waals surface area contributed by atoms with Crippen LogP contribution in [0.4, 0.5) is 11.4 Å². The minimum Gasteiger partial charge on any atom is -0.490 e. The van der Waals surface area contributed by atoms with Crippen molar-refractivity contribution in [2.75, 3.05) is 11.9 Å². The molecule has 0 saturated carbocycles. The number of carbonyl (C=O) groups excluding carboxylic acids is 1. The molecule has 1 amide bonds. The number of nitro benzene ring substituents is 1. The summed E-state index contributed by atoms with van der Waals surface area (Å²) in [6.07, 6.45) is 1.35. The lowest BCUT2D eigenvalue weighted by atomic mass is 10.1. The number of nitriles is 1. The molecule has 8 nitrogen and oxygen atoms in total. The molecule has 1 N–H and O–H groups in total. The van der Waals surface area contributed by atoms with E-state index in [4.69, 9.17) is 21.1 Å². The Morgan fingerprint density at radius 3 is 2.66 bits per heavy atom. The van der Waals surface area contributed by atoms with Gasteiger partial charge in [0.2, 0.25) is 0 Å². The van der Waals surface area contributed by atoms with E-state index in [1.807, 2.05) is 30.3 Å². The Bertz CT molecular complexity index is 1340. The quantitative estimate of drug-likeness (QED) is 0.139. The maximum absolute atomic E-state index is 12.6. The Hall–Kier alpha value is -3.87. The third-order valence-electron chi connectivity index (χ3n) is 4.65. The number of ether oxygens (including phenoxy) is 2. The van der Waals surface area contributed by atoms with Crippen LogP contribution in [-0.4, -0.2) is 17.4 Å². The number of halogens is 2. The van der Waals surface area contributed by atoms with Gasteiger partial charge in [0.05, 0.1) is 16.6 Å². The van der Waals surface area contributed by atoms with Crippen molar-refractivity contribution >= 4 is 50.9 Å². The zero-order chi connectivity index (χ0) is 25.4. The molecule has 178 valence electrons. The number of non-ortho nitro benzene ring substituents is 1. The number of nitro groups is 1. The summed E-state index contributed by atoms with van der Waals surface area (Å²) >= 11 is 9.94. The smallest absolute Gasteiger partial charge is 0.271 e. The van der Waals surface area contributed by atoms with Crippen LogP contribution in [0.25, 0.3) is 6.08 Å². The highest BCUT2D eigenvalue weighted by molar-refractivity contribution is 9.10. The minimum absolute atomic E-state index is 0.184. The van der Waals surface area contributed by atoms with Gasteiger partial charge in [0, 0.05) is 27.9 Å². The Balaban J connectivity index is 1.85. The van der Waals surface area contributed by atoms with Crippen LogP contribution in [0.5, 0.6) is 11.5 Å². The van der Waals surface area contributed by atoms with Gasteiger partial charge < -0.3 is 14.8 Å². The Kier molecular flexibility index (Phi) is 8.84. The molecule has 0 aliphatic carbocycles. The fraction of sp³-hybridized carbons (Fsp3) is 0.120. The van der Waals surface area contributed by atoms with E-state index in [-0.39, 0.29) is 28.6 Å². The summed E-state index contributed by atoms with van der Waals surface area (Å²) < 4.78 is 12.5. The second kappa shape index (κ2) is 12.0. The average Bonchev–Trinajstić information content (AvgIpc) is 2.83. The van der Waals surface area contributed by atoms with E-state index < -0.39 is 10.8 Å². The number of anilines is 1. The summed E-state index contributed by atoms with van der Waals surface area (Å²) in [5.41, 5.74) is 1.14. The van der Waals surface area contributed by atoms with Crippen molar-refractivity contribution < 1.29 is 19.2 Å². The fourth-order valence-corrected chi connectivity index (χ4v) is 3.72. The summed E-state index contributed by atoms with van der Waals surface area (Å²) in [6.45, 7) is 2.39. The molecule has 3 rings (SSSR count). The number of carbonyl (C=O) groups is 1. The molecule has 35 heavy (non-hydrogen) atoms. The van der Waals surface area contributed by atoms with Crippen molar-refractivity contribution in [3.8, 4) is 17.6 Å². The molecule has 0 aliphatic heterocycles. The van der Waals surface area contributed by atoms with Crippen molar-refractivity contribution in [3.05, 3.63) is 97.0 Å². The average molecular weight is 557 g/mol. The monoisotopic (exact) mass is 555 g/mol. The molecule has 0 aliphatic rings. The van der Waals surface area contributed by atoms with Crippen LogP contribution in [0, 0.1) is 21.4 Å². The zero-order valence-corrected chi connectivity index (χ0v) is 20.8. The number of nitrogens with one attached hydrogen (secondary N) is 1. The van der Waals surface area contributed by atoms with Crippen molar-refractivity contribution in [2.24, 2.45) is 0 Å². The van der Waals surface area contributed by atoms with E-state index in [1.165, 1.54) is 30.3 Å². The lowest BCUT2D eigenvalue weighted by Crippen LogP contribution is -2.13. The first-order chi connectivity index (χ1) is 16.8. The fourth-order valence-electron chi connectivity index (χ4n) is 3.05. The summed E-state index contributed by atoms with van der Waals surface area (Å²) in [7, 11) is 0. The number of rotatable bonds is 9. The van der Waals surface area contributed by atoms with Crippen LogP contribution in [-0.2, 0) is 11.4 Å². The van der Waals surface area contributed by atoms with E-state index in [0.717, 1.165) is 10.0 Å². The molecule has 0 unspecified atom stereocenters. The molecule has 0 bridgehead atoms. The first-order valence-corrected chi connectivity index (χ1v) is 11.5. The van der Waals surface area contributed by atoms with E-state index in [1.54, 1.807) is 19.1 Å². The van der Waals surface area contributed by atoms with Crippen LogP contribution >= 0.6 is 27.5 Å². The maximum atomic E-state index is 12.6. The van der Waals surface area contributed by atoms with Crippen molar-refractivity contribution in [1.82, 2.24) is 0 Å². The first kappa shape index (κ1) is 25.7. The van der Waals surface area contributed by atoms with Crippen LogP contribution in [0.3, 0.4) is 0 Å². The topological polar surface area (TPSA) is 114 Å². The SMILES string of the molecule is CCOc1cc(/C=C(\C#N)C(=O)Nc2cccc([N+](=O)[O-])c2)cc(Cl)c1OCc1ccccc1Br. The third-order valence-corrected chi connectivity index (χ3v) is 5.71. The number of amides is 1. The van der Waals surface area contributed by atoms with Gasteiger partial charge in [0.1, 0.15) is 18.2 Å². The van der Waals surface area contributed by atoms with Gasteiger partial charge in [-0.05, 0) is 42.8 Å². The number of hydrogen-bond donors (Lipinski definition) is 1. The second-order valence-electron chi connectivity index (χ2n) is 7.07. The van der Waals surface area contributed by atoms with Crippen LogP contribution in [0.1, 0.15) is 18.1 Å². The highest BCUT2D eigenvalue weighted by atomic mass is 79.9. The number of nitrogens with zero attached hydrogens (tertiary/aromatic N) is 2. The molecule has 3 aromatic rings. The predicted molar refractivity (Wildman–Crippen MR) is 136 cm³/mol. The summed E-state index contributed by atoms with van der Waals surface area (Å²) in [6, 6.07) is 18.0.